The molecule has 0 spiro atoms. The second kappa shape index (κ2) is 12.4. The SMILES string of the molecule is CCOC(=O)NC(=O)C1CCSC1NC(=O)C1Nc2ccc(NC(=O)CNC(=O)OC(C)(C)C)cc2S1. The topological polar surface area (TPSA) is 164 Å². The molecule has 0 bridgehead atoms. The molecule has 0 aliphatic carbocycles. The smallest absolute Gasteiger partial charge is 0.413 e. The Morgan fingerprint density at radius 2 is 1.86 bits per heavy atom. The van der Waals surface area contributed by atoms with Crippen molar-refractivity contribution in [2.24, 2.45) is 5.92 Å². The van der Waals surface area contributed by atoms with Crippen molar-refractivity contribution >= 4 is 64.8 Å². The van der Waals surface area contributed by atoms with Crippen molar-refractivity contribution in [1.82, 2.24) is 16.0 Å². The van der Waals surface area contributed by atoms with E-state index >= 15 is 0 Å². The molecule has 0 saturated carbocycles. The molecule has 1 aromatic rings. The lowest BCUT2D eigenvalue weighted by Crippen LogP contribution is -2.47. The zero-order valence-electron chi connectivity index (χ0n) is 21.0. The summed E-state index contributed by atoms with van der Waals surface area (Å²) in [6.07, 6.45) is -0.967. The van der Waals surface area contributed by atoms with Gasteiger partial charge in [0.05, 0.1) is 17.9 Å². The summed E-state index contributed by atoms with van der Waals surface area (Å²) in [5.41, 5.74) is 0.567. The maximum absolute atomic E-state index is 12.9. The number of carbonyl (C=O) groups is 5. The number of nitrogens with one attached hydrogen (secondary N) is 5. The molecule has 1 saturated heterocycles. The highest BCUT2D eigenvalue weighted by atomic mass is 32.2. The minimum Gasteiger partial charge on any atom is -0.450 e. The molecule has 5 amide bonds. The van der Waals surface area contributed by atoms with E-state index in [2.05, 4.69) is 26.6 Å². The van der Waals surface area contributed by atoms with E-state index in [1.54, 1.807) is 45.9 Å². The van der Waals surface area contributed by atoms with Gasteiger partial charge in [-0.05, 0) is 58.1 Å². The number of anilines is 2. The minimum atomic E-state index is -0.804. The largest absolute Gasteiger partial charge is 0.450 e. The van der Waals surface area contributed by atoms with Gasteiger partial charge in [-0.15, -0.1) is 11.8 Å². The van der Waals surface area contributed by atoms with Crippen molar-refractivity contribution < 1.29 is 33.4 Å². The van der Waals surface area contributed by atoms with E-state index in [1.807, 2.05) is 0 Å². The lowest BCUT2D eigenvalue weighted by atomic mass is 10.1. The van der Waals surface area contributed by atoms with Crippen LogP contribution in [-0.4, -0.2) is 65.2 Å². The van der Waals surface area contributed by atoms with Gasteiger partial charge in [0.15, 0.2) is 5.37 Å². The molecular formula is C23H31N5O7S2. The summed E-state index contributed by atoms with van der Waals surface area (Å²) in [6, 6.07) is 5.15. The van der Waals surface area contributed by atoms with Gasteiger partial charge in [0, 0.05) is 16.3 Å². The number of hydrogen-bond acceptors (Lipinski definition) is 10. The van der Waals surface area contributed by atoms with Gasteiger partial charge in [0.2, 0.25) is 11.8 Å². The van der Waals surface area contributed by atoms with E-state index in [0.29, 0.717) is 17.9 Å². The number of alkyl carbamates (subject to hydrolysis) is 2. The standard InChI is InChI=1S/C23H31N5O7S2/c1-5-34-22(33)28-17(30)13-8-9-36-19(13)27-18(31)20-26-14-7-6-12(10-15(14)37-20)25-16(29)11-24-21(32)35-23(2,3)4/h6-7,10,13,19-20,26H,5,8-9,11H2,1-4H3,(H,24,32)(H,25,29)(H,27,31)(H,28,30,33). The number of rotatable bonds is 7. The van der Waals surface area contributed by atoms with Crippen LogP contribution in [0.2, 0.25) is 0 Å². The second-order valence-corrected chi connectivity index (χ2v) is 11.6. The summed E-state index contributed by atoms with van der Waals surface area (Å²) in [6.45, 7) is 6.72. The van der Waals surface area contributed by atoms with E-state index in [0.717, 1.165) is 10.6 Å². The third kappa shape index (κ3) is 8.45. The molecule has 0 aromatic heterocycles. The van der Waals surface area contributed by atoms with Gasteiger partial charge >= 0.3 is 12.2 Å². The van der Waals surface area contributed by atoms with Crippen LogP contribution in [0.5, 0.6) is 0 Å². The summed E-state index contributed by atoms with van der Waals surface area (Å²) < 4.78 is 9.85. The predicted molar refractivity (Wildman–Crippen MR) is 140 cm³/mol. The summed E-state index contributed by atoms with van der Waals surface area (Å²) in [4.78, 5) is 61.6. The molecule has 3 atom stereocenters. The molecule has 3 unspecified atom stereocenters. The molecule has 1 aromatic carbocycles. The van der Waals surface area contributed by atoms with Gasteiger partial charge in [-0.1, -0.05) is 11.8 Å². The normalized spacial score (nSPS) is 20.2. The van der Waals surface area contributed by atoms with Crippen molar-refractivity contribution in [2.45, 2.75) is 55.4 Å². The number of fused-ring (bicyclic) bond motifs is 1. The van der Waals surface area contributed by atoms with Gasteiger partial charge < -0.3 is 30.7 Å². The van der Waals surface area contributed by atoms with E-state index in [-0.39, 0.29) is 19.1 Å². The fraction of sp³-hybridized carbons (Fsp3) is 0.522. The quantitative estimate of drug-likeness (QED) is 0.339. The fourth-order valence-corrected chi connectivity index (χ4v) is 5.88. The van der Waals surface area contributed by atoms with Crippen molar-refractivity contribution in [3.05, 3.63) is 18.2 Å². The highest BCUT2D eigenvalue weighted by Crippen LogP contribution is 2.40. The number of carbonyl (C=O) groups excluding carboxylic acids is 5. The third-order valence-electron chi connectivity index (χ3n) is 5.04. The Hall–Kier alpha value is -3.13. The molecule has 3 rings (SSSR count). The van der Waals surface area contributed by atoms with Crippen LogP contribution in [0.4, 0.5) is 21.0 Å². The van der Waals surface area contributed by atoms with Crippen LogP contribution in [0.15, 0.2) is 23.1 Å². The van der Waals surface area contributed by atoms with Gasteiger partial charge in [0.1, 0.15) is 12.1 Å². The Morgan fingerprint density at radius 3 is 2.57 bits per heavy atom. The van der Waals surface area contributed by atoms with E-state index in [1.165, 1.54) is 23.5 Å². The molecule has 14 heteroatoms. The molecule has 12 nitrogen and oxygen atoms in total. The van der Waals surface area contributed by atoms with Gasteiger partial charge in [-0.25, -0.2) is 9.59 Å². The van der Waals surface area contributed by atoms with Crippen molar-refractivity contribution in [3.8, 4) is 0 Å². The zero-order valence-corrected chi connectivity index (χ0v) is 22.6. The van der Waals surface area contributed by atoms with E-state index in [9.17, 15) is 24.0 Å². The van der Waals surface area contributed by atoms with Crippen molar-refractivity contribution in [1.29, 1.82) is 0 Å². The molecule has 2 heterocycles. The third-order valence-corrected chi connectivity index (χ3v) is 7.48. The van der Waals surface area contributed by atoms with Crippen LogP contribution in [-0.2, 0) is 23.9 Å². The lowest BCUT2D eigenvalue weighted by molar-refractivity contribution is -0.125. The summed E-state index contributed by atoms with van der Waals surface area (Å²) >= 11 is 2.71. The zero-order chi connectivity index (χ0) is 27.2. The van der Waals surface area contributed by atoms with Gasteiger partial charge in [-0.2, -0.15) is 0 Å². The Kier molecular flexibility index (Phi) is 9.54. The fourth-order valence-electron chi connectivity index (χ4n) is 3.48. The molecule has 0 radical (unpaired) electrons. The van der Waals surface area contributed by atoms with Crippen LogP contribution in [0.25, 0.3) is 0 Å². The highest BCUT2D eigenvalue weighted by Gasteiger charge is 2.38. The summed E-state index contributed by atoms with van der Waals surface area (Å²) in [7, 11) is 0. The number of benzene rings is 1. The van der Waals surface area contributed by atoms with E-state index < -0.39 is 46.3 Å². The minimum absolute atomic E-state index is 0.151. The monoisotopic (exact) mass is 553 g/mol. The number of imide groups is 1. The van der Waals surface area contributed by atoms with Crippen LogP contribution in [0.1, 0.15) is 34.1 Å². The average molecular weight is 554 g/mol. The van der Waals surface area contributed by atoms with Gasteiger partial charge in [0.25, 0.3) is 5.91 Å². The first-order valence-corrected chi connectivity index (χ1v) is 13.6. The second-order valence-electron chi connectivity index (χ2n) is 9.16. The molecule has 37 heavy (non-hydrogen) atoms. The summed E-state index contributed by atoms with van der Waals surface area (Å²) in [5.74, 6) is -1.10. The van der Waals surface area contributed by atoms with Gasteiger partial charge in [-0.3, -0.25) is 19.7 Å². The molecule has 2 aliphatic heterocycles. The maximum atomic E-state index is 12.9. The highest BCUT2D eigenvalue weighted by molar-refractivity contribution is 8.01. The van der Waals surface area contributed by atoms with Crippen molar-refractivity contribution in [3.63, 3.8) is 0 Å². The molecule has 5 N–H and O–H groups in total. The maximum Gasteiger partial charge on any atom is 0.413 e. The first-order chi connectivity index (χ1) is 17.4. The van der Waals surface area contributed by atoms with Crippen LogP contribution in [0, 0.1) is 5.92 Å². The number of ether oxygens (including phenoxy) is 2. The van der Waals surface area contributed by atoms with Crippen LogP contribution in [0.3, 0.4) is 0 Å². The summed E-state index contributed by atoms with van der Waals surface area (Å²) in [5, 5.41) is 12.2. The lowest BCUT2D eigenvalue weighted by Gasteiger charge is -2.21. The number of hydrogen-bond donors (Lipinski definition) is 5. The van der Waals surface area contributed by atoms with Crippen LogP contribution >= 0.6 is 23.5 Å². The number of thioether (sulfide) groups is 2. The first-order valence-electron chi connectivity index (χ1n) is 11.7. The molecular weight excluding hydrogens is 522 g/mol. The first kappa shape index (κ1) is 28.4. The van der Waals surface area contributed by atoms with Crippen LogP contribution < -0.4 is 26.6 Å². The number of amides is 5. The Balaban J connectivity index is 1.50. The molecule has 2 aliphatic rings. The molecule has 202 valence electrons. The van der Waals surface area contributed by atoms with Crippen molar-refractivity contribution in [2.75, 3.05) is 29.5 Å². The predicted octanol–water partition coefficient (Wildman–Crippen LogP) is 2.46. The van der Waals surface area contributed by atoms with E-state index in [4.69, 9.17) is 9.47 Å². The Labute approximate surface area is 223 Å². The Morgan fingerprint density at radius 1 is 1.11 bits per heavy atom. The average Bonchev–Trinajstić information content (AvgIpc) is 3.43. The molecule has 1 fully saturated rings. The Bertz CT molecular complexity index is 1060.